The molecule has 1 N–H and O–H groups in total. The molecule has 4 aromatic rings. The minimum atomic E-state index is -4.11. The lowest BCUT2D eigenvalue weighted by Crippen LogP contribution is -2.31. The number of nitrogens with one attached hydrogen (secondary N) is 1. The Balaban J connectivity index is 1.81. The Hall–Kier alpha value is -3.66. The van der Waals surface area contributed by atoms with Crippen LogP contribution in [-0.2, 0) is 10.0 Å². The van der Waals surface area contributed by atoms with Gasteiger partial charge in [0.15, 0.2) is 21.9 Å². The summed E-state index contributed by atoms with van der Waals surface area (Å²) in [5, 5.41) is 7.11. The normalized spacial score (nSPS) is 13.3. The van der Waals surface area contributed by atoms with Crippen LogP contribution in [0.15, 0.2) is 39.9 Å². The van der Waals surface area contributed by atoms with Crippen molar-refractivity contribution in [1.82, 2.24) is 34.7 Å². The number of nitrogens with zero attached hydrogens (tertiary/aromatic N) is 7. The monoisotopic (exact) mass is 582 g/mol. The second kappa shape index (κ2) is 10.1. The van der Waals surface area contributed by atoms with Gasteiger partial charge in [-0.1, -0.05) is 6.92 Å². The number of furan rings is 1. The predicted molar refractivity (Wildman–Crippen MR) is 128 cm³/mol. The quantitative estimate of drug-likeness (QED) is 0.309. The van der Waals surface area contributed by atoms with Crippen molar-refractivity contribution in [3.05, 3.63) is 47.2 Å². The first kappa shape index (κ1) is 25.4. The third-order valence-electron chi connectivity index (χ3n) is 5.30. The maximum Gasteiger partial charge on any atom is 0.245 e. The Morgan fingerprint density at radius 2 is 1.69 bits per heavy atom. The van der Waals surface area contributed by atoms with E-state index in [0.29, 0.717) is 4.67 Å². The van der Waals surface area contributed by atoms with Crippen LogP contribution in [0.3, 0.4) is 0 Å². The summed E-state index contributed by atoms with van der Waals surface area (Å²) in [4.78, 5) is 16.0. The van der Waals surface area contributed by atoms with E-state index in [2.05, 4.69) is 50.8 Å². The Labute approximate surface area is 213 Å². The Morgan fingerprint density at radius 1 is 1.06 bits per heavy atom. The Bertz CT molecular complexity index is 1460. The number of ether oxygens (including phenoxy) is 2. The predicted octanol–water partition coefficient (Wildman–Crippen LogP) is 2.96. The molecule has 0 bridgehead atoms. The van der Waals surface area contributed by atoms with Crippen molar-refractivity contribution < 1.29 is 26.7 Å². The molecule has 4 rings (SSSR count). The molecule has 0 saturated carbocycles. The van der Waals surface area contributed by atoms with Gasteiger partial charge in [0.05, 0.1) is 31.9 Å². The molecule has 0 fully saturated rings. The molecule has 0 aromatic carbocycles. The van der Waals surface area contributed by atoms with Crippen molar-refractivity contribution in [2.75, 3.05) is 18.9 Å². The first-order valence-corrected chi connectivity index (χ1v) is 12.6. The summed E-state index contributed by atoms with van der Waals surface area (Å²) in [5.74, 6) is -0.854. The molecular weight excluding hydrogens is 563 g/mol. The standard InChI is InChI=1S/C20H20BrFN8O5S/c1-10(16-23-7-12(22)8-24-16)11(2)36(31,32)29-20-28-27-17(13-5-6-14(21)35-13)30(20)15-18(33-3)25-9-26-19(15)34-4/h5-11H,1-4H3,(H,28,29). The highest BCUT2D eigenvalue weighted by Gasteiger charge is 2.33. The molecule has 13 nitrogen and oxygen atoms in total. The minimum Gasteiger partial charge on any atom is -0.479 e. The van der Waals surface area contributed by atoms with Crippen LogP contribution < -0.4 is 14.2 Å². The van der Waals surface area contributed by atoms with Crippen molar-refractivity contribution in [3.63, 3.8) is 0 Å². The van der Waals surface area contributed by atoms with E-state index in [4.69, 9.17) is 13.9 Å². The highest BCUT2D eigenvalue weighted by Crippen LogP contribution is 2.36. The number of hydrogen-bond acceptors (Lipinski definition) is 11. The van der Waals surface area contributed by atoms with Gasteiger partial charge in [-0.2, -0.15) is 9.97 Å². The van der Waals surface area contributed by atoms with Gasteiger partial charge in [0.2, 0.25) is 33.6 Å². The van der Waals surface area contributed by atoms with Gasteiger partial charge < -0.3 is 13.9 Å². The van der Waals surface area contributed by atoms with E-state index in [0.717, 1.165) is 12.4 Å². The highest BCUT2D eigenvalue weighted by atomic mass is 79.9. The maximum absolute atomic E-state index is 13.4. The number of methoxy groups -OCH3 is 2. The van der Waals surface area contributed by atoms with Gasteiger partial charge >= 0.3 is 0 Å². The molecule has 0 amide bonds. The lowest BCUT2D eigenvalue weighted by molar-refractivity contribution is 0.368. The molecule has 2 unspecified atom stereocenters. The van der Waals surface area contributed by atoms with E-state index < -0.39 is 27.0 Å². The van der Waals surface area contributed by atoms with Crippen molar-refractivity contribution in [2.45, 2.75) is 25.0 Å². The van der Waals surface area contributed by atoms with E-state index in [1.165, 1.54) is 32.0 Å². The second-order valence-corrected chi connectivity index (χ2v) is 10.2. The average molecular weight is 583 g/mol. The van der Waals surface area contributed by atoms with Crippen LogP contribution in [0.4, 0.5) is 10.3 Å². The van der Waals surface area contributed by atoms with Gasteiger partial charge in [-0.05, 0) is 35.0 Å². The molecule has 0 aliphatic rings. The summed E-state index contributed by atoms with van der Waals surface area (Å²) in [5.41, 5.74) is 0.135. The summed E-state index contributed by atoms with van der Waals surface area (Å²) in [6.07, 6.45) is 3.18. The van der Waals surface area contributed by atoms with Gasteiger partial charge in [0, 0.05) is 5.92 Å². The van der Waals surface area contributed by atoms with Crippen LogP contribution in [0, 0.1) is 5.82 Å². The van der Waals surface area contributed by atoms with Gasteiger partial charge in [-0.15, -0.1) is 10.2 Å². The molecule has 0 aliphatic heterocycles. The Kier molecular flexibility index (Phi) is 7.16. The van der Waals surface area contributed by atoms with Crippen LogP contribution >= 0.6 is 15.9 Å². The molecule has 190 valence electrons. The van der Waals surface area contributed by atoms with Crippen LogP contribution in [0.2, 0.25) is 0 Å². The first-order valence-electron chi connectivity index (χ1n) is 10.3. The summed E-state index contributed by atoms with van der Waals surface area (Å²) < 4.78 is 60.5. The third-order valence-corrected chi connectivity index (χ3v) is 7.58. The van der Waals surface area contributed by atoms with Crippen molar-refractivity contribution in [3.8, 4) is 29.0 Å². The van der Waals surface area contributed by atoms with Crippen LogP contribution in [0.5, 0.6) is 11.8 Å². The zero-order valence-electron chi connectivity index (χ0n) is 19.4. The SMILES string of the molecule is COc1ncnc(OC)c1-n1c(NS(=O)(=O)C(C)C(C)c2ncc(F)cn2)nnc1-c1ccc(Br)o1. The molecule has 0 spiro atoms. The number of rotatable bonds is 9. The molecular formula is C20H20BrFN8O5S. The first-order chi connectivity index (χ1) is 17.2. The topological polar surface area (TPSA) is 160 Å². The fourth-order valence-electron chi connectivity index (χ4n) is 3.25. The molecule has 4 aromatic heterocycles. The summed E-state index contributed by atoms with van der Waals surface area (Å²) in [6, 6.07) is 3.25. The molecule has 2 atom stereocenters. The van der Waals surface area contributed by atoms with Gasteiger partial charge in [-0.25, -0.2) is 27.3 Å². The molecule has 4 heterocycles. The van der Waals surface area contributed by atoms with E-state index in [9.17, 15) is 12.8 Å². The van der Waals surface area contributed by atoms with E-state index in [-0.39, 0.29) is 40.8 Å². The number of aromatic nitrogens is 7. The summed E-state index contributed by atoms with van der Waals surface area (Å²) in [7, 11) is -1.35. The van der Waals surface area contributed by atoms with Crippen LogP contribution in [0.25, 0.3) is 17.3 Å². The lowest BCUT2D eigenvalue weighted by atomic mass is 10.1. The Morgan fingerprint density at radius 3 is 2.25 bits per heavy atom. The average Bonchev–Trinajstić information content (AvgIpc) is 3.48. The lowest BCUT2D eigenvalue weighted by Gasteiger charge is -2.20. The van der Waals surface area contributed by atoms with E-state index in [1.54, 1.807) is 19.1 Å². The van der Waals surface area contributed by atoms with Crippen LogP contribution in [0.1, 0.15) is 25.6 Å². The molecule has 0 saturated heterocycles. The number of halogens is 2. The molecule has 16 heteroatoms. The van der Waals surface area contributed by atoms with Crippen molar-refractivity contribution >= 4 is 31.9 Å². The van der Waals surface area contributed by atoms with E-state index >= 15 is 0 Å². The van der Waals surface area contributed by atoms with Gasteiger partial charge in [0.1, 0.15) is 12.2 Å². The van der Waals surface area contributed by atoms with Crippen molar-refractivity contribution in [1.29, 1.82) is 0 Å². The maximum atomic E-state index is 13.4. The summed E-state index contributed by atoms with van der Waals surface area (Å²) >= 11 is 3.24. The minimum absolute atomic E-state index is 0.0649. The number of anilines is 1. The number of sulfonamides is 1. The smallest absolute Gasteiger partial charge is 0.245 e. The summed E-state index contributed by atoms with van der Waals surface area (Å²) in [6.45, 7) is 3.09. The molecule has 0 radical (unpaired) electrons. The fourth-order valence-corrected chi connectivity index (χ4v) is 4.79. The molecule has 0 aliphatic carbocycles. The largest absolute Gasteiger partial charge is 0.479 e. The van der Waals surface area contributed by atoms with E-state index in [1.807, 2.05) is 0 Å². The zero-order chi connectivity index (χ0) is 26.0. The highest BCUT2D eigenvalue weighted by molar-refractivity contribution is 9.10. The zero-order valence-corrected chi connectivity index (χ0v) is 21.8. The van der Waals surface area contributed by atoms with Gasteiger partial charge in [-0.3, -0.25) is 4.72 Å². The van der Waals surface area contributed by atoms with Crippen LogP contribution in [-0.4, -0.2) is 62.6 Å². The third kappa shape index (κ3) is 4.86. The number of hydrogen-bond donors (Lipinski definition) is 1. The van der Waals surface area contributed by atoms with Gasteiger partial charge in [0.25, 0.3) is 0 Å². The van der Waals surface area contributed by atoms with Crippen molar-refractivity contribution in [2.24, 2.45) is 0 Å². The fraction of sp³-hybridized carbons (Fsp3) is 0.300. The molecule has 36 heavy (non-hydrogen) atoms. The second-order valence-electron chi connectivity index (χ2n) is 7.43.